The molecule has 2 aliphatic rings. The maximum absolute atomic E-state index is 12.2. The van der Waals surface area contributed by atoms with E-state index in [1.807, 2.05) is 0 Å². The Balaban J connectivity index is 1.53. The van der Waals surface area contributed by atoms with Gasteiger partial charge in [-0.15, -0.1) is 0 Å². The lowest BCUT2D eigenvalue weighted by Gasteiger charge is -2.10. The summed E-state index contributed by atoms with van der Waals surface area (Å²) in [6, 6.07) is 15.9. The molecule has 0 bridgehead atoms. The average Bonchev–Trinajstić information content (AvgIpc) is 2.65. The molecule has 0 amide bonds. The van der Waals surface area contributed by atoms with E-state index in [9.17, 15) is 13.6 Å². The third kappa shape index (κ3) is 3.87. The number of aromatic nitrogens is 1. The summed E-state index contributed by atoms with van der Waals surface area (Å²) in [5, 5.41) is 0. The van der Waals surface area contributed by atoms with Crippen LogP contribution in [0.25, 0.3) is 22.6 Å². The molecule has 0 spiro atoms. The van der Waals surface area contributed by atoms with Gasteiger partial charge in [0, 0.05) is 12.1 Å². The van der Waals surface area contributed by atoms with Gasteiger partial charge in [-0.2, -0.15) is 8.78 Å². The number of halogens is 2. The zero-order valence-electron chi connectivity index (χ0n) is 13.9. The molecule has 5 nitrogen and oxygen atoms in total. The predicted molar refractivity (Wildman–Crippen MR) is 94.3 cm³/mol. The van der Waals surface area contributed by atoms with Crippen LogP contribution in [0.2, 0.25) is 0 Å². The Morgan fingerprint density at radius 1 is 0.963 bits per heavy atom. The Morgan fingerprint density at radius 2 is 1.74 bits per heavy atom. The van der Waals surface area contributed by atoms with E-state index >= 15 is 0 Å². The van der Waals surface area contributed by atoms with E-state index in [1.54, 1.807) is 36.4 Å². The quantitative estimate of drug-likeness (QED) is 0.486. The number of benzene rings is 3. The Morgan fingerprint density at radius 3 is 2.52 bits per heavy atom. The van der Waals surface area contributed by atoms with Gasteiger partial charge in [0.2, 0.25) is 0 Å². The third-order valence-electron chi connectivity index (χ3n) is 3.88. The molecule has 0 saturated heterocycles. The molecule has 2 aromatic carbocycles. The van der Waals surface area contributed by atoms with Crippen LogP contribution in [0.1, 0.15) is 5.56 Å². The number of nitrogens with zero attached hydrogens (tertiary/aromatic N) is 1. The van der Waals surface area contributed by atoms with Crippen LogP contribution in [-0.4, -0.2) is 11.6 Å². The minimum absolute atomic E-state index is 0.0916. The van der Waals surface area contributed by atoms with Gasteiger partial charge >= 0.3 is 6.61 Å². The summed E-state index contributed by atoms with van der Waals surface area (Å²) in [6.07, 6.45) is 0. The van der Waals surface area contributed by atoms with Crippen molar-refractivity contribution in [2.24, 2.45) is 0 Å². The number of ether oxygens (including phenoxy) is 2. The molecule has 0 radical (unpaired) electrons. The predicted octanol–water partition coefficient (Wildman–Crippen LogP) is 4.47. The minimum atomic E-state index is -2.85. The maximum Gasteiger partial charge on any atom is 0.387 e. The van der Waals surface area contributed by atoms with Crippen molar-refractivity contribution < 1.29 is 22.7 Å². The van der Waals surface area contributed by atoms with Gasteiger partial charge in [0.05, 0.1) is 0 Å². The first-order valence-electron chi connectivity index (χ1n) is 8.08. The molecule has 0 saturated carbocycles. The van der Waals surface area contributed by atoms with Crippen LogP contribution in [0, 0.1) is 0 Å². The zero-order chi connectivity index (χ0) is 18.8. The highest BCUT2D eigenvalue weighted by molar-refractivity contribution is 5.77. The van der Waals surface area contributed by atoms with Gasteiger partial charge in [-0.25, -0.2) is 4.98 Å². The van der Waals surface area contributed by atoms with E-state index in [0.717, 1.165) is 5.56 Å². The Hall–Kier alpha value is -3.48. The average molecular weight is 369 g/mol. The molecule has 0 aromatic heterocycles. The van der Waals surface area contributed by atoms with Gasteiger partial charge in [-0.1, -0.05) is 12.1 Å². The fraction of sp³-hybridized carbons (Fsp3) is 0.100. The van der Waals surface area contributed by atoms with E-state index in [4.69, 9.17) is 9.15 Å². The molecule has 2 aromatic rings. The van der Waals surface area contributed by atoms with Gasteiger partial charge in [-0.05, 0) is 42.0 Å². The molecule has 0 unspecified atom stereocenters. The number of rotatable bonds is 5. The lowest BCUT2D eigenvalue weighted by Crippen LogP contribution is -2.02. The van der Waals surface area contributed by atoms with E-state index < -0.39 is 6.61 Å². The largest absolute Gasteiger partial charge is 0.489 e. The summed E-state index contributed by atoms with van der Waals surface area (Å²) in [7, 11) is 0. The Bertz CT molecular complexity index is 1110. The standard InChI is InChI=1S/C20H13F2NO4/c21-20(22)26-14-4-1-12(2-5-14)11-25-15-6-8-17-19(10-15)27-18-9-13(24)3-7-16(18)23-17/h1-10,20H,11H2. The fourth-order valence-electron chi connectivity index (χ4n) is 2.61. The summed E-state index contributed by atoms with van der Waals surface area (Å²) in [5.74, 6) is 1.05. The summed E-state index contributed by atoms with van der Waals surface area (Å²) in [5.41, 5.74) is 2.37. The van der Waals surface area contributed by atoms with Crippen LogP contribution < -0.4 is 14.9 Å². The number of alkyl halides is 2. The molecule has 4 rings (SSSR count). The van der Waals surface area contributed by atoms with Crippen molar-refractivity contribution >= 4 is 11.1 Å². The fourth-order valence-corrected chi connectivity index (χ4v) is 2.61. The van der Waals surface area contributed by atoms with Crippen LogP contribution in [0.4, 0.5) is 8.78 Å². The molecule has 1 aliphatic heterocycles. The maximum atomic E-state index is 12.2. The molecule has 136 valence electrons. The monoisotopic (exact) mass is 369 g/mol. The zero-order valence-corrected chi connectivity index (χ0v) is 13.9. The van der Waals surface area contributed by atoms with Crippen molar-refractivity contribution in [3.8, 4) is 23.0 Å². The Kier molecular flexibility index (Phi) is 4.42. The molecule has 0 fully saturated rings. The van der Waals surface area contributed by atoms with Crippen LogP contribution in [0.5, 0.6) is 11.5 Å². The molecule has 27 heavy (non-hydrogen) atoms. The summed E-state index contributed by atoms with van der Waals surface area (Å²) >= 11 is 0. The second-order valence-corrected chi connectivity index (χ2v) is 5.78. The van der Waals surface area contributed by atoms with Crippen molar-refractivity contribution in [3.05, 3.63) is 76.5 Å². The second-order valence-electron chi connectivity index (χ2n) is 5.78. The van der Waals surface area contributed by atoms with E-state index in [2.05, 4.69) is 9.72 Å². The van der Waals surface area contributed by atoms with E-state index in [0.29, 0.717) is 28.3 Å². The van der Waals surface area contributed by atoms with Crippen molar-refractivity contribution in [1.82, 2.24) is 4.98 Å². The van der Waals surface area contributed by atoms with Gasteiger partial charge in [0.25, 0.3) is 0 Å². The van der Waals surface area contributed by atoms with E-state index in [1.165, 1.54) is 24.3 Å². The summed E-state index contributed by atoms with van der Waals surface area (Å²) < 4.78 is 40.1. The van der Waals surface area contributed by atoms with E-state index in [-0.39, 0.29) is 17.8 Å². The van der Waals surface area contributed by atoms with Crippen molar-refractivity contribution in [3.63, 3.8) is 0 Å². The summed E-state index contributed by atoms with van der Waals surface area (Å²) in [4.78, 5) is 15.9. The molecule has 1 aliphatic carbocycles. The van der Waals surface area contributed by atoms with Gasteiger partial charge in [0.1, 0.15) is 29.3 Å². The molecule has 0 atom stereocenters. The van der Waals surface area contributed by atoms with Crippen LogP contribution >= 0.6 is 0 Å². The molecular formula is C20H13F2NO4. The lowest BCUT2D eigenvalue weighted by molar-refractivity contribution is -0.0498. The van der Waals surface area contributed by atoms with Crippen molar-refractivity contribution in [2.45, 2.75) is 13.2 Å². The molecule has 1 heterocycles. The lowest BCUT2D eigenvalue weighted by atomic mass is 10.2. The molecule has 0 N–H and O–H groups in total. The summed E-state index contributed by atoms with van der Waals surface area (Å²) in [6.45, 7) is -2.61. The van der Waals surface area contributed by atoms with Crippen LogP contribution in [0.3, 0.4) is 0 Å². The minimum Gasteiger partial charge on any atom is -0.489 e. The smallest absolute Gasteiger partial charge is 0.387 e. The second kappa shape index (κ2) is 7.03. The first-order valence-corrected chi connectivity index (χ1v) is 8.08. The number of hydrogen-bond donors (Lipinski definition) is 0. The van der Waals surface area contributed by atoms with Gasteiger partial charge < -0.3 is 13.9 Å². The van der Waals surface area contributed by atoms with Crippen LogP contribution in [-0.2, 0) is 6.61 Å². The van der Waals surface area contributed by atoms with Crippen molar-refractivity contribution in [1.29, 1.82) is 0 Å². The highest BCUT2D eigenvalue weighted by atomic mass is 19.3. The topological polar surface area (TPSA) is 61.6 Å². The highest BCUT2D eigenvalue weighted by Gasteiger charge is 2.10. The van der Waals surface area contributed by atoms with Gasteiger partial charge in [-0.3, -0.25) is 4.79 Å². The number of hydrogen-bond acceptors (Lipinski definition) is 5. The first-order chi connectivity index (χ1) is 13.1. The molecular weight excluding hydrogens is 356 g/mol. The molecule has 7 heteroatoms. The van der Waals surface area contributed by atoms with Crippen LogP contribution in [0.15, 0.2) is 69.9 Å². The number of fused-ring (bicyclic) bond motifs is 2. The van der Waals surface area contributed by atoms with Crippen molar-refractivity contribution in [2.75, 3.05) is 0 Å². The first kappa shape index (κ1) is 17.0. The van der Waals surface area contributed by atoms with Gasteiger partial charge in [0.15, 0.2) is 16.8 Å². The third-order valence-corrected chi connectivity index (χ3v) is 3.88. The Labute approximate surface area is 152 Å². The SMILES string of the molecule is O=c1ccc2nc3ccc(OCc4ccc(OC(F)F)cc4)cc3oc-2c1. The normalized spacial score (nSPS) is 11.2. The highest BCUT2D eigenvalue weighted by Crippen LogP contribution is 2.27.